The Morgan fingerprint density at radius 2 is 1.95 bits per heavy atom. The van der Waals surface area contributed by atoms with E-state index in [-0.39, 0.29) is 5.41 Å². The number of ether oxygens (including phenoxy) is 1. The average Bonchev–Trinajstić information content (AvgIpc) is 3.15. The Morgan fingerprint density at radius 1 is 1.26 bits per heavy atom. The Balaban J connectivity index is 2.33. The molecule has 1 fully saturated rings. The number of hydrogen-bond acceptors (Lipinski definition) is 2. The highest BCUT2D eigenvalue weighted by atomic mass is 16.5. The van der Waals surface area contributed by atoms with Gasteiger partial charge in [0, 0.05) is 12.0 Å². The summed E-state index contributed by atoms with van der Waals surface area (Å²) in [7, 11) is 1.76. The standard InChI is InChI=1S/C17H27NO/c1-6-18-12-17(9-10-17)13-7-8-15(19-5)14(11-13)16(2,3)4/h7-8,11,18H,6,9-10,12H2,1-5H3. The highest BCUT2D eigenvalue weighted by Gasteiger charge is 2.44. The van der Waals surface area contributed by atoms with E-state index >= 15 is 0 Å². The Bertz CT molecular complexity index is 441. The van der Waals surface area contributed by atoms with Crippen molar-refractivity contribution in [3.05, 3.63) is 29.3 Å². The molecule has 0 radical (unpaired) electrons. The molecule has 0 atom stereocenters. The Kier molecular flexibility index (Phi) is 3.91. The van der Waals surface area contributed by atoms with Gasteiger partial charge in [0.25, 0.3) is 0 Å². The normalized spacial score (nSPS) is 17.3. The molecule has 2 nitrogen and oxygen atoms in total. The van der Waals surface area contributed by atoms with E-state index in [2.05, 4.69) is 51.2 Å². The average molecular weight is 261 g/mol. The molecule has 1 aromatic rings. The van der Waals surface area contributed by atoms with Gasteiger partial charge in [-0.1, -0.05) is 39.8 Å². The van der Waals surface area contributed by atoms with Crippen molar-refractivity contribution in [2.45, 2.75) is 51.4 Å². The molecule has 0 amide bonds. The molecule has 19 heavy (non-hydrogen) atoms. The molecule has 2 rings (SSSR count). The summed E-state index contributed by atoms with van der Waals surface area (Å²) in [5, 5.41) is 3.51. The highest BCUT2D eigenvalue weighted by Crippen LogP contribution is 2.49. The molecule has 106 valence electrons. The lowest BCUT2D eigenvalue weighted by molar-refractivity contribution is 0.397. The van der Waals surface area contributed by atoms with Crippen molar-refractivity contribution >= 4 is 0 Å². The van der Waals surface area contributed by atoms with Gasteiger partial charge in [-0.3, -0.25) is 0 Å². The molecule has 2 heteroatoms. The lowest BCUT2D eigenvalue weighted by Crippen LogP contribution is -2.27. The summed E-state index contributed by atoms with van der Waals surface area (Å²) in [5.41, 5.74) is 3.28. The van der Waals surface area contributed by atoms with Crippen molar-refractivity contribution in [2.24, 2.45) is 0 Å². The van der Waals surface area contributed by atoms with Crippen LogP contribution >= 0.6 is 0 Å². The molecule has 0 aliphatic heterocycles. The van der Waals surface area contributed by atoms with Crippen molar-refractivity contribution in [3.63, 3.8) is 0 Å². The van der Waals surface area contributed by atoms with Crippen LogP contribution in [-0.2, 0) is 10.8 Å². The molecule has 0 spiro atoms. The minimum absolute atomic E-state index is 0.121. The van der Waals surface area contributed by atoms with Gasteiger partial charge in [0.2, 0.25) is 0 Å². The molecule has 0 aromatic heterocycles. The van der Waals surface area contributed by atoms with E-state index in [1.165, 1.54) is 24.0 Å². The lowest BCUT2D eigenvalue weighted by atomic mass is 9.83. The van der Waals surface area contributed by atoms with Crippen LogP contribution in [0.15, 0.2) is 18.2 Å². The van der Waals surface area contributed by atoms with Gasteiger partial charge >= 0.3 is 0 Å². The number of methoxy groups -OCH3 is 1. The van der Waals surface area contributed by atoms with Crippen LogP contribution in [-0.4, -0.2) is 20.2 Å². The first-order valence-electron chi connectivity index (χ1n) is 7.33. The molecule has 1 aliphatic rings. The molecule has 0 bridgehead atoms. The van der Waals surface area contributed by atoms with Gasteiger partial charge in [0.1, 0.15) is 5.75 Å². The maximum absolute atomic E-state index is 5.53. The van der Waals surface area contributed by atoms with Gasteiger partial charge in [-0.25, -0.2) is 0 Å². The third-order valence-electron chi connectivity index (χ3n) is 4.19. The minimum atomic E-state index is 0.121. The zero-order valence-electron chi connectivity index (χ0n) is 13.0. The summed E-state index contributed by atoms with van der Waals surface area (Å²) >= 11 is 0. The summed E-state index contributed by atoms with van der Waals surface area (Å²) in [4.78, 5) is 0. The third-order valence-corrected chi connectivity index (χ3v) is 4.19. The number of likely N-dealkylation sites (N-methyl/N-ethyl adjacent to an activating group) is 1. The van der Waals surface area contributed by atoms with Crippen LogP contribution in [0.2, 0.25) is 0 Å². The van der Waals surface area contributed by atoms with Gasteiger partial charge in [-0.2, -0.15) is 0 Å². The number of rotatable bonds is 5. The first-order valence-corrected chi connectivity index (χ1v) is 7.33. The summed E-state index contributed by atoms with van der Waals surface area (Å²) in [6.45, 7) is 11.1. The summed E-state index contributed by atoms with van der Waals surface area (Å²) < 4.78 is 5.53. The number of benzene rings is 1. The predicted octanol–water partition coefficient (Wildman–Crippen LogP) is 3.63. The molecule has 1 aromatic carbocycles. The maximum atomic E-state index is 5.53. The van der Waals surface area contributed by atoms with E-state index in [1.807, 2.05) is 0 Å². The van der Waals surface area contributed by atoms with E-state index < -0.39 is 0 Å². The quantitative estimate of drug-likeness (QED) is 0.874. The predicted molar refractivity (Wildman–Crippen MR) is 81.1 cm³/mol. The molecule has 1 N–H and O–H groups in total. The zero-order valence-corrected chi connectivity index (χ0v) is 13.0. The van der Waals surface area contributed by atoms with Gasteiger partial charge in [-0.05, 0) is 42.0 Å². The molecule has 0 heterocycles. The van der Waals surface area contributed by atoms with E-state index in [0.29, 0.717) is 5.41 Å². The molecule has 1 saturated carbocycles. The SMILES string of the molecule is CCNCC1(c2ccc(OC)c(C(C)(C)C)c2)CC1. The minimum Gasteiger partial charge on any atom is -0.496 e. The van der Waals surface area contributed by atoms with Gasteiger partial charge in [0.05, 0.1) is 7.11 Å². The molecule has 1 aliphatic carbocycles. The van der Waals surface area contributed by atoms with Gasteiger partial charge in [-0.15, -0.1) is 0 Å². The second kappa shape index (κ2) is 5.16. The highest BCUT2D eigenvalue weighted by molar-refractivity contribution is 5.45. The van der Waals surface area contributed by atoms with Crippen LogP contribution in [0.5, 0.6) is 5.75 Å². The second-order valence-corrected chi connectivity index (χ2v) is 6.73. The van der Waals surface area contributed by atoms with Crippen LogP contribution in [0.3, 0.4) is 0 Å². The fourth-order valence-electron chi connectivity index (χ4n) is 2.71. The lowest BCUT2D eigenvalue weighted by Gasteiger charge is -2.25. The monoisotopic (exact) mass is 261 g/mol. The third kappa shape index (κ3) is 2.94. The van der Waals surface area contributed by atoms with Crippen molar-refractivity contribution in [1.82, 2.24) is 5.32 Å². The summed E-state index contributed by atoms with van der Waals surface area (Å²) in [6, 6.07) is 6.75. The van der Waals surface area contributed by atoms with Crippen LogP contribution in [0.4, 0.5) is 0 Å². The van der Waals surface area contributed by atoms with E-state index in [4.69, 9.17) is 4.74 Å². The summed E-state index contributed by atoms with van der Waals surface area (Å²) in [6.07, 6.45) is 2.60. The smallest absolute Gasteiger partial charge is 0.122 e. The van der Waals surface area contributed by atoms with Crippen LogP contribution in [0.25, 0.3) is 0 Å². The summed E-state index contributed by atoms with van der Waals surface area (Å²) in [5.74, 6) is 1.01. The van der Waals surface area contributed by atoms with Gasteiger partial charge < -0.3 is 10.1 Å². The van der Waals surface area contributed by atoms with E-state index in [9.17, 15) is 0 Å². The molecular formula is C17H27NO. The fraction of sp³-hybridized carbons (Fsp3) is 0.647. The van der Waals surface area contributed by atoms with Crippen molar-refractivity contribution < 1.29 is 4.74 Å². The topological polar surface area (TPSA) is 21.3 Å². The fourth-order valence-corrected chi connectivity index (χ4v) is 2.71. The van der Waals surface area contributed by atoms with Crippen molar-refractivity contribution in [2.75, 3.05) is 20.2 Å². The number of hydrogen-bond donors (Lipinski definition) is 1. The van der Waals surface area contributed by atoms with E-state index in [1.54, 1.807) is 7.11 Å². The molecule has 0 unspecified atom stereocenters. The van der Waals surface area contributed by atoms with Crippen LogP contribution in [0, 0.1) is 0 Å². The number of nitrogens with one attached hydrogen (secondary N) is 1. The van der Waals surface area contributed by atoms with Crippen LogP contribution in [0.1, 0.15) is 51.7 Å². The first-order chi connectivity index (χ1) is 8.93. The zero-order chi connectivity index (χ0) is 14.1. The largest absolute Gasteiger partial charge is 0.496 e. The molecular weight excluding hydrogens is 234 g/mol. The van der Waals surface area contributed by atoms with Crippen molar-refractivity contribution in [3.8, 4) is 5.75 Å². The Morgan fingerprint density at radius 3 is 2.42 bits per heavy atom. The van der Waals surface area contributed by atoms with Gasteiger partial charge in [0.15, 0.2) is 0 Å². The maximum Gasteiger partial charge on any atom is 0.122 e. The van der Waals surface area contributed by atoms with E-state index in [0.717, 1.165) is 18.8 Å². The Labute approximate surface area is 117 Å². The van der Waals surface area contributed by atoms with Crippen molar-refractivity contribution in [1.29, 1.82) is 0 Å². The Hall–Kier alpha value is -1.02. The molecule has 0 saturated heterocycles. The first kappa shape index (κ1) is 14.4. The van der Waals surface area contributed by atoms with Crippen LogP contribution < -0.4 is 10.1 Å². The second-order valence-electron chi connectivity index (χ2n) is 6.73.